The van der Waals surface area contributed by atoms with Crippen LogP contribution in [0.5, 0.6) is 0 Å². The maximum atomic E-state index is 11.3. The monoisotopic (exact) mass is 203 g/mol. The van der Waals surface area contributed by atoms with Crippen molar-refractivity contribution in [2.75, 3.05) is 0 Å². The Kier molecular flexibility index (Phi) is 1.78. The molecule has 0 unspecified atom stereocenters. The van der Waals surface area contributed by atoms with E-state index >= 15 is 0 Å². The highest BCUT2D eigenvalue weighted by molar-refractivity contribution is 6.10. The van der Waals surface area contributed by atoms with Gasteiger partial charge in [0.15, 0.2) is 5.69 Å². The van der Waals surface area contributed by atoms with E-state index in [0.717, 1.165) is 0 Å². The molecule has 0 amide bonds. The van der Waals surface area contributed by atoms with Crippen LogP contribution in [-0.2, 0) is 0 Å². The molecule has 2 aromatic heterocycles. The number of fused-ring (bicyclic) bond motifs is 1. The summed E-state index contributed by atoms with van der Waals surface area (Å²) in [5, 5.41) is 12.5. The van der Waals surface area contributed by atoms with Crippen molar-refractivity contribution >= 4 is 27.5 Å². The molecule has 0 saturated heterocycles. The quantitative estimate of drug-likeness (QED) is 0.493. The summed E-state index contributed by atoms with van der Waals surface area (Å²) < 4.78 is 1.20. The molecule has 0 aromatic carbocycles. The van der Waals surface area contributed by atoms with Crippen molar-refractivity contribution in [2.45, 2.75) is 0 Å². The zero-order valence-corrected chi connectivity index (χ0v) is 7.89. The molecule has 7 nitrogen and oxygen atoms in total. The SMILES string of the molecule is N#Cc1n[n]([Al])c2[nH]c(=O)[nH]c(=O)c12. The number of nitriles is 1. The fraction of sp³-hybridized carbons (Fsp3) is 0. The Morgan fingerprint density at radius 2 is 2.14 bits per heavy atom. The van der Waals surface area contributed by atoms with Gasteiger partial charge in [0.05, 0.1) is 0 Å². The van der Waals surface area contributed by atoms with Gasteiger partial charge >= 0.3 is 22.2 Å². The predicted molar refractivity (Wildman–Crippen MR) is 46.8 cm³/mol. The molecule has 0 atom stereocenters. The van der Waals surface area contributed by atoms with Crippen LogP contribution < -0.4 is 11.2 Å². The van der Waals surface area contributed by atoms with Crippen LogP contribution in [0.3, 0.4) is 0 Å². The average Bonchev–Trinajstić information content (AvgIpc) is 2.43. The molecule has 66 valence electrons. The predicted octanol–water partition coefficient (Wildman–Crippen LogP) is -1.78. The molecule has 14 heavy (non-hydrogen) atoms. The average molecular weight is 203 g/mol. The Morgan fingerprint density at radius 3 is 2.79 bits per heavy atom. The number of nitrogens with zero attached hydrogens (tertiary/aromatic N) is 3. The molecule has 2 aromatic rings. The Bertz CT molecular complexity index is 657. The fourth-order valence-electron chi connectivity index (χ4n) is 1.15. The largest absolute Gasteiger partial charge is 0.369 e. The van der Waals surface area contributed by atoms with Crippen molar-refractivity contribution in [3.05, 3.63) is 26.5 Å². The number of hydrogen-bond donors (Lipinski definition) is 2. The van der Waals surface area contributed by atoms with Gasteiger partial charge in [0.1, 0.15) is 17.1 Å². The van der Waals surface area contributed by atoms with E-state index in [9.17, 15) is 9.59 Å². The normalized spacial score (nSPS) is 10.2. The smallest absolute Gasteiger partial charge is 0.357 e. The zero-order chi connectivity index (χ0) is 10.3. The van der Waals surface area contributed by atoms with E-state index < -0.39 is 11.2 Å². The van der Waals surface area contributed by atoms with Gasteiger partial charge in [-0.15, -0.1) is 0 Å². The Labute approximate surface area is 84.6 Å². The van der Waals surface area contributed by atoms with Gasteiger partial charge in [0.2, 0.25) is 0 Å². The molecule has 2 rings (SSSR count). The van der Waals surface area contributed by atoms with Crippen molar-refractivity contribution in [2.24, 2.45) is 0 Å². The molecule has 0 aliphatic carbocycles. The van der Waals surface area contributed by atoms with Gasteiger partial charge in [-0.25, -0.2) is 4.79 Å². The molecule has 0 aliphatic rings. The standard InChI is InChI=1S/C6H3N5O2.Al/c7-1-2-3-4(11-10-2)8-6(13)9-5(3)12;/h(H3,8,9,10,11,12,13);/q;+1/p-1. The second kappa shape index (κ2) is 2.84. The van der Waals surface area contributed by atoms with Crippen LogP contribution in [-0.4, -0.2) is 35.2 Å². The first-order chi connectivity index (χ1) is 6.63. The molecule has 0 fully saturated rings. The third kappa shape index (κ3) is 1.08. The molecular weight excluding hydrogens is 201 g/mol. The Balaban J connectivity index is 3.14. The minimum absolute atomic E-state index is 0.0208. The van der Waals surface area contributed by atoms with E-state index in [-0.39, 0.29) is 16.7 Å². The lowest BCUT2D eigenvalue weighted by molar-refractivity contribution is 0.976. The number of hydrogen-bond acceptors (Lipinski definition) is 4. The highest BCUT2D eigenvalue weighted by atomic mass is 27.1. The zero-order valence-electron chi connectivity index (χ0n) is 6.74. The molecular formula is C6H2AlN5O2. The first kappa shape index (κ1) is 8.76. The summed E-state index contributed by atoms with van der Waals surface area (Å²) >= 11 is 2.17. The highest BCUT2D eigenvalue weighted by Crippen LogP contribution is 2.06. The number of aromatic amines is 2. The molecule has 2 N–H and O–H groups in total. The van der Waals surface area contributed by atoms with Gasteiger partial charge in [-0.2, -0.15) is 10.4 Å². The number of aromatic nitrogens is 4. The first-order valence-corrected chi connectivity index (χ1v) is 4.05. The van der Waals surface area contributed by atoms with Crippen molar-refractivity contribution in [3.8, 4) is 6.07 Å². The molecule has 2 heterocycles. The molecule has 0 aliphatic heterocycles. The topological polar surface area (TPSA) is 107 Å². The maximum Gasteiger partial charge on any atom is 0.357 e. The van der Waals surface area contributed by atoms with Crippen LogP contribution in [0.2, 0.25) is 0 Å². The van der Waals surface area contributed by atoms with E-state index in [1.54, 1.807) is 6.07 Å². The lowest BCUT2D eigenvalue weighted by Gasteiger charge is -1.92. The van der Waals surface area contributed by atoms with Crippen LogP contribution in [0.25, 0.3) is 11.0 Å². The summed E-state index contributed by atoms with van der Waals surface area (Å²) in [7, 11) is 0. The molecule has 0 saturated carbocycles. The van der Waals surface area contributed by atoms with Crippen LogP contribution in [0.4, 0.5) is 0 Å². The van der Waals surface area contributed by atoms with E-state index in [1.807, 2.05) is 4.98 Å². The lowest BCUT2D eigenvalue weighted by Crippen LogP contribution is -2.22. The van der Waals surface area contributed by atoms with E-state index in [1.165, 1.54) is 3.67 Å². The lowest BCUT2D eigenvalue weighted by atomic mass is 10.3. The summed E-state index contributed by atoms with van der Waals surface area (Å²) in [4.78, 5) is 26.6. The number of H-pyrrole nitrogens is 2. The molecule has 2 radical (unpaired) electrons. The number of rotatable bonds is 0. The van der Waals surface area contributed by atoms with Crippen molar-refractivity contribution in [3.63, 3.8) is 0 Å². The van der Waals surface area contributed by atoms with Crippen LogP contribution in [0.15, 0.2) is 9.59 Å². The summed E-state index contributed by atoms with van der Waals surface area (Å²) in [5.74, 6) is 0. The van der Waals surface area contributed by atoms with Crippen molar-refractivity contribution in [1.82, 2.24) is 18.7 Å². The van der Waals surface area contributed by atoms with Crippen molar-refractivity contribution < 1.29 is 0 Å². The Morgan fingerprint density at radius 1 is 1.43 bits per heavy atom. The maximum absolute atomic E-state index is 11.3. The summed E-state index contributed by atoms with van der Waals surface area (Å²) in [5.41, 5.74) is -1.06. The van der Waals surface area contributed by atoms with Crippen LogP contribution in [0, 0.1) is 11.3 Å². The second-order valence-electron chi connectivity index (χ2n) is 2.54. The van der Waals surface area contributed by atoms with Gasteiger partial charge in [-0.05, 0) is 0 Å². The van der Waals surface area contributed by atoms with Crippen LogP contribution in [0.1, 0.15) is 5.69 Å². The van der Waals surface area contributed by atoms with Gasteiger partial charge in [-0.3, -0.25) is 14.8 Å². The van der Waals surface area contributed by atoms with Gasteiger partial charge < -0.3 is 3.67 Å². The minimum Gasteiger partial charge on any atom is -0.369 e. The molecule has 0 spiro atoms. The number of nitrogens with one attached hydrogen (secondary N) is 2. The summed E-state index contributed by atoms with van der Waals surface area (Å²) in [6, 6.07) is 1.76. The summed E-state index contributed by atoms with van der Waals surface area (Å²) in [6.45, 7) is 0. The van der Waals surface area contributed by atoms with E-state index in [0.29, 0.717) is 0 Å². The molecule has 8 heteroatoms. The van der Waals surface area contributed by atoms with Crippen molar-refractivity contribution in [1.29, 1.82) is 5.26 Å². The third-order valence-electron chi connectivity index (χ3n) is 1.70. The molecule has 0 bridgehead atoms. The van der Waals surface area contributed by atoms with E-state index in [4.69, 9.17) is 5.26 Å². The minimum atomic E-state index is -0.629. The third-order valence-corrected chi connectivity index (χ3v) is 2.08. The van der Waals surface area contributed by atoms with Gasteiger partial charge in [0.25, 0.3) is 5.56 Å². The first-order valence-electron chi connectivity index (χ1n) is 3.54. The second-order valence-corrected chi connectivity index (χ2v) is 3.03. The fourth-order valence-corrected chi connectivity index (χ4v) is 1.46. The van der Waals surface area contributed by atoms with Crippen LogP contribution >= 0.6 is 0 Å². The Hall–Kier alpha value is -1.83. The van der Waals surface area contributed by atoms with Gasteiger partial charge in [0, 0.05) is 0 Å². The highest BCUT2D eigenvalue weighted by Gasteiger charge is 2.11. The summed E-state index contributed by atoms with van der Waals surface area (Å²) in [6.07, 6.45) is 0. The van der Waals surface area contributed by atoms with Gasteiger partial charge in [-0.1, -0.05) is 0 Å². The van der Waals surface area contributed by atoms with E-state index in [2.05, 4.69) is 26.6 Å².